The molecule has 0 aliphatic rings. The predicted molar refractivity (Wildman–Crippen MR) is 135 cm³/mol. The first-order chi connectivity index (χ1) is 15.7. The van der Waals surface area contributed by atoms with Crippen molar-refractivity contribution in [2.45, 2.75) is 110 Å². The first-order valence-corrected chi connectivity index (χ1v) is 13.0. The van der Waals surface area contributed by atoms with Gasteiger partial charge in [0, 0.05) is 5.56 Å². The molecular weight excluding hydrogens is 397 g/mol. The largest absolute Gasteiger partial charge is 0.489 e. The zero-order valence-corrected chi connectivity index (χ0v) is 20.5. The number of hydrogen-bond donors (Lipinski definition) is 0. The van der Waals surface area contributed by atoms with Crippen LogP contribution >= 0.6 is 0 Å². The summed E-state index contributed by atoms with van der Waals surface area (Å²) in [6, 6.07) is 12.6. The van der Waals surface area contributed by atoms with Crippen molar-refractivity contribution in [1.82, 2.24) is 4.98 Å². The van der Waals surface area contributed by atoms with Crippen LogP contribution in [0.2, 0.25) is 0 Å². The van der Waals surface area contributed by atoms with E-state index in [4.69, 9.17) is 4.74 Å². The Morgan fingerprint density at radius 2 is 1.38 bits per heavy atom. The Balaban J connectivity index is 1.63. The second kappa shape index (κ2) is 16.7. The molecule has 1 unspecified atom stereocenters. The zero-order chi connectivity index (χ0) is 22.9. The first kappa shape index (κ1) is 26.4. The molecule has 0 fully saturated rings. The van der Waals surface area contributed by atoms with Crippen molar-refractivity contribution in [2.75, 3.05) is 6.61 Å². The number of alkyl halides is 1. The highest BCUT2D eigenvalue weighted by molar-refractivity contribution is 5.59. The third-order valence-electron chi connectivity index (χ3n) is 6.11. The van der Waals surface area contributed by atoms with Crippen molar-refractivity contribution in [3.63, 3.8) is 0 Å². The number of aryl methyl sites for hydroxylation is 1. The van der Waals surface area contributed by atoms with Crippen molar-refractivity contribution >= 4 is 0 Å². The summed E-state index contributed by atoms with van der Waals surface area (Å²) < 4.78 is 19.3. The summed E-state index contributed by atoms with van der Waals surface area (Å²) in [6.07, 6.45) is 18.2. The van der Waals surface area contributed by atoms with Gasteiger partial charge in [-0.3, -0.25) is 4.98 Å². The number of pyridine rings is 1. The molecule has 0 aliphatic heterocycles. The van der Waals surface area contributed by atoms with Gasteiger partial charge < -0.3 is 4.74 Å². The van der Waals surface area contributed by atoms with E-state index in [1.165, 1.54) is 69.8 Å². The molecule has 178 valence electrons. The van der Waals surface area contributed by atoms with Gasteiger partial charge in [0.05, 0.1) is 11.9 Å². The SMILES string of the molecule is CCCCCCCCCCCCc1ccc(-c2ccc(OCC(F)CCCC)cn2)cc1. The predicted octanol–water partition coefficient (Wildman–Crippen LogP) is 9.12. The number of hydrogen-bond acceptors (Lipinski definition) is 2. The summed E-state index contributed by atoms with van der Waals surface area (Å²) in [5.74, 6) is 0.630. The fourth-order valence-corrected chi connectivity index (χ4v) is 3.99. The van der Waals surface area contributed by atoms with Crippen molar-refractivity contribution < 1.29 is 9.13 Å². The molecule has 2 aromatic rings. The Morgan fingerprint density at radius 3 is 1.97 bits per heavy atom. The number of unbranched alkanes of at least 4 members (excludes halogenated alkanes) is 10. The van der Waals surface area contributed by atoms with E-state index < -0.39 is 6.17 Å². The summed E-state index contributed by atoms with van der Waals surface area (Å²) in [4.78, 5) is 4.50. The summed E-state index contributed by atoms with van der Waals surface area (Å²) in [5.41, 5.74) is 3.43. The molecule has 3 heteroatoms. The molecular formula is C29H44FNO. The number of rotatable bonds is 18. The number of nitrogens with zero attached hydrogens (tertiary/aromatic N) is 1. The summed E-state index contributed by atoms with van der Waals surface area (Å²) in [5, 5.41) is 0. The molecule has 0 aliphatic carbocycles. The molecule has 0 spiro atoms. The van der Waals surface area contributed by atoms with Crippen LogP contribution < -0.4 is 4.74 Å². The van der Waals surface area contributed by atoms with Crippen molar-refractivity contribution in [3.8, 4) is 17.0 Å². The normalized spacial score (nSPS) is 12.1. The van der Waals surface area contributed by atoms with E-state index in [2.05, 4.69) is 43.1 Å². The summed E-state index contributed by atoms with van der Waals surface area (Å²) >= 11 is 0. The highest BCUT2D eigenvalue weighted by Crippen LogP contribution is 2.21. The monoisotopic (exact) mass is 441 g/mol. The van der Waals surface area contributed by atoms with Crippen LogP contribution in [0.25, 0.3) is 11.3 Å². The van der Waals surface area contributed by atoms with E-state index in [-0.39, 0.29) is 6.61 Å². The fourth-order valence-electron chi connectivity index (χ4n) is 3.99. The minimum absolute atomic E-state index is 0.106. The molecule has 0 amide bonds. The van der Waals surface area contributed by atoms with E-state index in [0.717, 1.165) is 30.5 Å². The Bertz CT molecular complexity index is 698. The third kappa shape index (κ3) is 11.1. The lowest BCUT2D eigenvalue weighted by Crippen LogP contribution is -2.12. The van der Waals surface area contributed by atoms with Crippen LogP contribution in [0.3, 0.4) is 0 Å². The maximum absolute atomic E-state index is 13.7. The molecule has 0 bridgehead atoms. The maximum atomic E-state index is 13.7. The number of benzene rings is 1. The van der Waals surface area contributed by atoms with Crippen LogP contribution in [0.4, 0.5) is 4.39 Å². The molecule has 1 heterocycles. The Morgan fingerprint density at radius 1 is 0.750 bits per heavy atom. The van der Waals surface area contributed by atoms with Crippen LogP contribution in [0, 0.1) is 0 Å². The highest BCUT2D eigenvalue weighted by Gasteiger charge is 2.07. The molecule has 2 nitrogen and oxygen atoms in total. The van der Waals surface area contributed by atoms with E-state index in [1.54, 1.807) is 6.20 Å². The van der Waals surface area contributed by atoms with Crippen LogP contribution in [0.15, 0.2) is 42.6 Å². The Kier molecular flexibility index (Phi) is 13.7. The first-order valence-electron chi connectivity index (χ1n) is 13.0. The third-order valence-corrected chi connectivity index (χ3v) is 6.11. The van der Waals surface area contributed by atoms with Gasteiger partial charge in [-0.05, 0) is 37.0 Å². The van der Waals surface area contributed by atoms with Gasteiger partial charge in [-0.25, -0.2) is 4.39 Å². The van der Waals surface area contributed by atoms with Gasteiger partial charge >= 0.3 is 0 Å². The average Bonchev–Trinajstić information content (AvgIpc) is 2.83. The fraction of sp³-hybridized carbons (Fsp3) is 0.621. The lowest BCUT2D eigenvalue weighted by Gasteiger charge is -2.10. The van der Waals surface area contributed by atoms with Crippen LogP contribution in [0.1, 0.15) is 103 Å². The Hall–Kier alpha value is -1.90. The summed E-state index contributed by atoms with van der Waals surface area (Å²) in [7, 11) is 0. The number of halogens is 1. The van der Waals surface area contributed by atoms with Gasteiger partial charge in [-0.2, -0.15) is 0 Å². The molecule has 1 aromatic heterocycles. The molecule has 2 rings (SSSR count). The van der Waals surface area contributed by atoms with Crippen LogP contribution in [-0.2, 0) is 6.42 Å². The molecule has 32 heavy (non-hydrogen) atoms. The van der Waals surface area contributed by atoms with Gasteiger partial charge in [-0.15, -0.1) is 0 Å². The molecule has 1 aromatic carbocycles. The second-order valence-corrected chi connectivity index (χ2v) is 9.06. The lowest BCUT2D eigenvalue weighted by molar-refractivity contribution is 0.184. The van der Waals surface area contributed by atoms with E-state index in [9.17, 15) is 4.39 Å². The molecule has 0 N–H and O–H groups in total. The standard InChI is InChI=1S/C29H44FNO/c1-3-5-7-8-9-10-11-12-13-14-15-25-17-19-26(20-18-25)29-22-21-28(23-31-29)32-24-27(30)16-6-4-2/h17-23,27H,3-16,24H2,1-2H3. The van der Waals surface area contributed by atoms with Crippen molar-refractivity contribution in [3.05, 3.63) is 48.2 Å². The average molecular weight is 442 g/mol. The highest BCUT2D eigenvalue weighted by atomic mass is 19.1. The van der Waals surface area contributed by atoms with Gasteiger partial charge in [0.2, 0.25) is 0 Å². The van der Waals surface area contributed by atoms with Gasteiger partial charge in [0.15, 0.2) is 0 Å². The van der Waals surface area contributed by atoms with E-state index >= 15 is 0 Å². The van der Waals surface area contributed by atoms with Gasteiger partial charge in [-0.1, -0.05) is 109 Å². The van der Waals surface area contributed by atoms with E-state index in [1.807, 2.05) is 12.1 Å². The van der Waals surface area contributed by atoms with Crippen molar-refractivity contribution in [1.29, 1.82) is 0 Å². The minimum Gasteiger partial charge on any atom is -0.489 e. The van der Waals surface area contributed by atoms with Gasteiger partial charge in [0.25, 0.3) is 0 Å². The molecule has 0 saturated heterocycles. The second-order valence-electron chi connectivity index (χ2n) is 9.06. The Labute approximate surface area is 196 Å². The maximum Gasteiger partial charge on any atom is 0.137 e. The topological polar surface area (TPSA) is 22.1 Å². The quantitative estimate of drug-likeness (QED) is 0.215. The van der Waals surface area contributed by atoms with Crippen LogP contribution in [-0.4, -0.2) is 17.8 Å². The lowest BCUT2D eigenvalue weighted by atomic mass is 10.0. The molecule has 0 saturated carbocycles. The van der Waals surface area contributed by atoms with Gasteiger partial charge in [0.1, 0.15) is 18.5 Å². The number of ether oxygens (including phenoxy) is 1. The van der Waals surface area contributed by atoms with E-state index in [0.29, 0.717) is 12.2 Å². The zero-order valence-electron chi connectivity index (χ0n) is 20.5. The minimum atomic E-state index is -0.905. The summed E-state index contributed by atoms with van der Waals surface area (Å²) in [6.45, 7) is 4.45. The van der Waals surface area contributed by atoms with Crippen molar-refractivity contribution in [2.24, 2.45) is 0 Å². The number of aromatic nitrogens is 1. The molecule has 1 atom stereocenters. The smallest absolute Gasteiger partial charge is 0.137 e. The van der Waals surface area contributed by atoms with Crippen LogP contribution in [0.5, 0.6) is 5.75 Å². The molecule has 0 radical (unpaired) electrons.